The van der Waals surface area contributed by atoms with Crippen molar-refractivity contribution in [2.75, 3.05) is 13.1 Å². The first-order valence-corrected chi connectivity index (χ1v) is 2.63. The minimum atomic E-state index is 0.997. The number of rotatable bonds is 2. The van der Waals surface area contributed by atoms with Crippen LogP contribution >= 0.6 is 0 Å². The van der Waals surface area contributed by atoms with Crippen molar-refractivity contribution in [2.24, 2.45) is 0 Å². The first-order chi connectivity index (χ1) is 2.81. The van der Waals surface area contributed by atoms with Gasteiger partial charge in [-0.3, -0.25) is 0 Å². The van der Waals surface area contributed by atoms with E-state index in [1.54, 1.807) is 0 Å². The zero-order valence-corrected chi connectivity index (χ0v) is 5.17. The molecular weight excluding hydrogens is 121 g/mol. The Hall–Kier alpha value is 0.454. The van der Waals surface area contributed by atoms with Crippen molar-refractivity contribution in [1.29, 1.82) is 0 Å². The number of hydrogen-bond donors (Lipinski definition) is 0. The zero-order chi connectivity index (χ0) is 4.99. The van der Waals surface area contributed by atoms with Crippen molar-refractivity contribution >= 4 is 0 Å². The van der Waals surface area contributed by atoms with Crippen LogP contribution in [0, 0.1) is 0 Å². The van der Waals surface area contributed by atoms with Gasteiger partial charge in [0.1, 0.15) is 0 Å². The molecule has 2 heteroatoms. The molecule has 0 radical (unpaired) electrons. The van der Waals surface area contributed by atoms with Gasteiger partial charge in [0.05, 0.1) is 0 Å². The van der Waals surface area contributed by atoms with Gasteiger partial charge in [0.25, 0.3) is 0 Å². The average molecular weight is 131 g/mol. The van der Waals surface area contributed by atoms with Crippen LogP contribution in [0.15, 0.2) is 0 Å². The van der Waals surface area contributed by atoms with E-state index in [2.05, 4.69) is 29.5 Å². The van der Waals surface area contributed by atoms with Gasteiger partial charge in [0, 0.05) is 0 Å². The summed E-state index contributed by atoms with van der Waals surface area (Å²) in [5.41, 5.74) is 0. The fourth-order valence-electron chi connectivity index (χ4n) is 0.224. The quantitative estimate of drug-likeness (QED) is 0.500. The molecule has 0 fully saturated rings. The van der Waals surface area contributed by atoms with Crippen LogP contribution in [0.25, 0.3) is 0 Å². The summed E-state index contributed by atoms with van der Waals surface area (Å²) in [6.07, 6.45) is 0. The summed E-state index contributed by atoms with van der Waals surface area (Å²) >= 11 is 4.51. The van der Waals surface area contributed by atoms with Gasteiger partial charge < -0.3 is 0 Å². The molecule has 0 aliphatic rings. The van der Waals surface area contributed by atoms with Crippen molar-refractivity contribution in [1.82, 2.24) is 3.98 Å². The Kier molecular flexibility index (Phi) is 3.91. The first-order valence-electron chi connectivity index (χ1n) is 2.19. The first kappa shape index (κ1) is 6.45. The second-order valence-corrected chi connectivity index (χ2v) is 1.68. The van der Waals surface area contributed by atoms with Gasteiger partial charge >= 0.3 is 46.6 Å². The van der Waals surface area contributed by atoms with Crippen molar-refractivity contribution in [3.05, 3.63) is 0 Å². The van der Waals surface area contributed by atoms with Gasteiger partial charge in [0.15, 0.2) is 0 Å². The SMILES string of the molecule is CC[N]([Ni])CC. The van der Waals surface area contributed by atoms with Crippen molar-refractivity contribution in [3.63, 3.8) is 0 Å². The van der Waals surface area contributed by atoms with E-state index in [4.69, 9.17) is 0 Å². The summed E-state index contributed by atoms with van der Waals surface area (Å²) in [6.45, 7) is 6.12. The fraction of sp³-hybridized carbons (Fsp3) is 1.00. The van der Waals surface area contributed by atoms with Crippen LogP contribution in [0.1, 0.15) is 13.8 Å². The molecule has 0 N–H and O–H groups in total. The van der Waals surface area contributed by atoms with Crippen molar-refractivity contribution in [2.45, 2.75) is 13.8 Å². The summed E-state index contributed by atoms with van der Waals surface area (Å²) in [5.74, 6) is 0. The second-order valence-electron chi connectivity index (χ2n) is 1.06. The average Bonchev–Trinajstić information content (AvgIpc) is 1.65. The van der Waals surface area contributed by atoms with Crippen LogP contribution < -0.4 is 0 Å². The second kappa shape index (κ2) is 3.64. The molecule has 0 aromatic heterocycles. The standard InChI is InChI=1S/C4H10N.Ni/c1-3-5-4-2;/h3-4H2,1-2H3;/q-1;+1. The topological polar surface area (TPSA) is 3.24 Å². The molecule has 0 saturated carbocycles. The molecule has 41 valence electrons. The van der Waals surface area contributed by atoms with Crippen LogP contribution in [0.5, 0.6) is 0 Å². The Bertz CT molecular complexity index is 26.7. The van der Waals surface area contributed by atoms with Gasteiger partial charge in [-0.25, -0.2) is 0 Å². The summed E-state index contributed by atoms with van der Waals surface area (Å²) in [4.78, 5) is 0. The predicted octanol–water partition coefficient (Wildman–Crippen LogP) is 0.790. The van der Waals surface area contributed by atoms with E-state index in [1.807, 2.05) is 3.98 Å². The molecule has 0 aromatic rings. The van der Waals surface area contributed by atoms with Gasteiger partial charge in [-0.2, -0.15) is 0 Å². The molecule has 0 aromatic carbocycles. The summed E-state index contributed by atoms with van der Waals surface area (Å²) < 4.78 is 1.88. The summed E-state index contributed by atoms with van der Waals surface area (Å²) in [7, 11) is 0. The summed E-state index contributed by atoms with van der Waals surface area (Å²) in [5, 5.41) is 0. The Morgan fingerprint density at radius 1 is 1.33 bits per heavy atom. The van der Waals surface area contributed by atoms with E-state index < -0.39 is 0 Å². The van der Waals surface area contributed by atoms with E-state index in [1.165, 1.54) is 0 Å². The molecular formula is C4H10NNi. The van der Waals surface area contributed by atoms with Crippen LogP contribution in [-0.2, 0) is 15.7 Å². The molecule has 0 aliphatic carbocycles. The van der Waals surface area contributed by atoms with Crippen LogP contribution in [0.2, 0.25) is 0 Å². The zero-order valence-electron chi connectivity index (χ0n) is 4.18. The van der Waals surface area contributed by atoms with Gasteiger partial charge in [-0.15, -0.1) is 0 Å². The molecule has 0 bridgehead atoms. The molecule has 0 amide bonds. The maximum atomic E-state index is 4.51. The monoisotopic (exact) mass is 130 g/mol. The Labute approximate surface area is 47.3 Å². The van der Waals surface area contributed by atoms with Crippen molar-refractivity contribution < 1.29 is 15.7 Å². The molecule has 0 rings (SSSR count). The Morgan fingerprint density at radius 3 is 1.67 bits per heavy atom. The van der Waals surface area contributed by atoms with Crippen LogP contribution in [0.3, 0.4) is 0 Å². The van der Waals surface area contributed by atoms with Crippen LogP contribution in [0.4, 0.5) is 0 Å². The molecule has 0 unspecified atom stereocenters. The van der Waals surface area contributed by atoms with E-state index in [0.717, 1.165) is 13.1 Å². The minimum absolute atomic E-state index is 0.997. The predicted molar refractivity (Wildman–Crippen MR) is 22.9 cm³/mol. The van der Waals surface area contributed by atoms with E-state index in [0.29, 0.717) is 0 Å². The third-order valence-corrected chi connectivity index (χ3v) is 1.27. The van der Waals surface area contributed by atoms with Crippen LogP contribution in [-0.4, -0.2) is 17.1 Å². The van der Waals surface area contributed by atoms with E-state index in [9.17, 15) is 0 Å². The third kappa shape index (κ3) is 2.68. The molecule has 0 spiro atoms. The third-order valence-electron chi connectivity index (χ3n) is 0.647. The summed E-state index contributed by atoms with van der Waals surface area (Å²) in [6, 6.07) is 0. The van der Waals surface area contributed by atoms with Crippen molar-refractivity contribution in [3.8, 4) is 0 Å². The number of nitrogens with zero attached hydrogens (tertiary/aromatic N) is 1. The fourth-order valence-corrected chi connectivity index (χ4v) is 0.224. The molecule has 1 nitrogen and oxygen atoms in total. The van der Waals surface area contributed by atoms with E-state index in [-0.39, 0.29) is 0 Å². The van der Waals surface area contributed by atoms with Gasteiger partial charge in [-0.05, 0) is 0 Å². The Morgan fingerprint density at radius 2 is 1.67 bits per heavy atom. The van der Waals surface area contributed by atoms with E-state index >= 15 is 0 Å². The Balaban J connectivity index is 2.75. The molecule has 0 aliphatic heterocycles. The molecule has 0 atom stereocenters. The normalized spacial score (nSPS) is 10.2. The van der Waals surface area contributed by atoms with Gasteiger partial charge in [-0.1, -0.05) is 0 Å². The molecule has 0 heterocycles. The maximum absolute atomic E-state index is 4.51. The molecule has 0 saturated heterocycles. The number of hydrogen-bond acceptors (Lipinski definition) is 1. The van der Waals surface area contributed by atoms with Gasteiger partial charge in [0.2, 0.25) is 0 Å². The molecule has 6 heavy (non-hydrogen) atoms.